The molecule has 60 valence electrons. The monoisotopic (exact) mass is 225 g/mol. The Hall–Kier alpha value is 0.233. The number of hydrogen-bond acceptors (Lipinski definition) is 0. The van der Waals surface area contributed by atoms with Gasteiger partial charge in [-0.1, -0.05) is 27.2 Å². The fraction of sp³-hybridized carbons (Fsp3) is 0.500. The molecule has 0 atom stereocenters. The van der Waals surface area contributed by atoms with E-state index in [0.29, 0.717) is 5.92 Å². The molecular formula is C10H15Zr-. The molecule has 0 aliphatic rings. The minimum atomic E-state index is 0. The summed E-state index contributed by atoms with van der Waals surface area (Å²) in [5, 5.41) is 0. The van der Waals surface area contributed by atoms with E-state index in [0.717, 1.165) is 6.42 Å². The fourth-order valence-corrected chi connectivity index (χ4v) is 1.09. The third-order valence-corrected chi connectivity index (χ3v) is 1.92. The van der Waals surface area contributed by atoms with Crippen molar-refractivity contribution in [2.45, 2.75) is 33.1 Å². The van der Waals surface area contributed by atoms with Crippen molar-refractivity contribution in [3.63, 3.8) is 0 Å². The standard InChI is InChI=1S/C10H15.Zr/c1-4-9-5-6-10(7-9)8(2)3;/h5-8H,4H2,1-3H3;/q-1;. The van der Waals surface area contributed by atoms with E-state index in [1.165, 1.54) is 11.1 Å². The van der Waals surface area contributed by atoms with Crippen LogP contribution < -0.4 is 0 Å². The van der Waals surface area contributed by atoms with Crippen molar-refractivity contribution in [1.29, 1.82) is 0 Å². The summed E-state index contributed by atoms with van der Waals surface area (Å²) >= 11 is 0. The van der Waals surface area contributed by atoms with Crippen molar-refractivity contribution in [3.05, 3.63) is 29.3 Å². The van der Waals surface area contributed by atoms with Crippen LogP contribution >= 0.6 is 0 Å². The Morgan fingerprint density at radius 3 is 2.27 bits per heavy atom. The average Bonchev–Trinajstić information content (AvgIpc) is 2.34. The van der Waals surface area contributed by atoms with Gasteiger partial charge < -0.3 is 0 Å². The quantitative estimate of drug-likeness (QED) is 0.680. The van der Waals surface area contributed by atoms with Crippen LogP contribution in [0.1, 0.15) is 37.8 Å². The van der Waals surface area contributed by atoms with Crippen LogP contribution in [0, 0.1) is 0 Å². The molecule has 0 aliphatic carbocycles. The molecule has 0 bridgehead atoms. The van der Waals surface area contributed by atoms with Gasteiger partial charge in [-0.25, -0.2) is 12.1 Å². The maximum absolute atomic E-state index is 2.30. The summed E-state index contributed by atoms with van der Waals surface area (Å²) in [7, 11) is 0. The molecule has 0 heterocycles. The predicted octanol–water partition coefficient (Wildman–Crippen LogP) is 3.09. The van der Waals surface area contributed by atoms with Crippen molar-refractivity contribution in [2.75, 3.05) is 0 Å². The summed E-state index contributed by atoms with van der Waals surface area (Å²) in [5.74, 6) is 0.681. The molecule has 1 rings (SSSR count). The van der Waals surface area contributed by atoms with Crippen LogP contribution in [0.5, 0.6) is 0 Å². The maximum Gasteiger partial charge on any atom is 0 e. The number of rotatable bonds is 2. The van der Waals surface area contributed by atoms with Crippen LogP contribution in [-0.2, 0) is 32.6 Å². The molecule has 0 N–H and O–H groups in total. The van der Waals surface area contributed by atoms with Crippen molar-refractivity contribution < 1.29 is 26.2 Å². The molecule has 0 unspecified atom stereocenters. The summed E-state index contributed by atoms with van der Waals surface area (Å²) in [6.45, 7) is 6.66. The molecule has 0 aromatic heterocycles. The van der Waals surface area contributed by atoms with Gasteiger partial charge in [0.2, 0.25) is 0 Å². The van der Waals surface area contributed by atoms with Crippen LogP contribution in [0.4, 0.5) is 0 Å². The summed E-state index contributed by atoms with van der Waals surface area (Å²) in [6.07, 6.45) is 1.16. The van der Waals surface area contributed by atoms with Gasteiger partial charge in [-0.3, -0.25) is 0 Å². The molecule has 0 saturated carbocycles. The molecule has 0 nitrogen and oxygen atoms in total. The Balaban J connectivity index is 0.000001000. The molecule has 0 fully saturated rings. The van der Waals surface area contributed by atoms with Gasteiger partial charge in [-0.05, 0) is 5.92 Å². The predicted molar refractivity (Wildman–Crippen MR) is 45.5 cm³/mol. The van der Waals surface area contributed by atoms with Gasteiger partial charge in [-0.2, -0.15) is 17.2 Å². The molecule has 1 aromatic rings. The summed E-state index contributed by atoms with van der Waals surface area (Å²) in [6, 6.07) is 6.74. The first-order valence-electron chi connectivity index (χ1n) is 3.99. The van der Waals surface area contributed by atoms with E-state index >= 15 is 0 Å². The first-order chi connectivity index (χ1) is 4.74. The topological polar surface area (TPSA) is 0 Å². The average molecular weight is 226 g/mol. The molecule has 11 heavy (non-hydrogen) atoms. The molecular weight excluding hydrogens is 211 g/mol. The van der Waals surface area contributed by atoms with Gasteiger partial charge in [-0.15, -0.1) is 0 Å². The molecule has 0 amide bonds. The second-order valence-corrected chi connectivity index (χ2v) is 3.06. The zero-order chi connectivity index (χ0) is 7.56. The first-order valence-corrected chi connectivity index (χ1v) is 3.99. The summed E-state index contributed by atoms with van der Waals surface area (Å²) in [4.78, 5) is 0. The summed E-state index contributed by atoms with van der Waals surface area (Å²) < 4.78 is 0. The van der Waals surface area contributed by atoms with Crippen molar-refractivity contribution >= 4 is 0 Å². The largest absolute Gasteiger partial charge is 0.210 e. The smallest absolute Gasteiger partial charge is 0 e. The van der Waals surface area contributed by atoms with E-state index in [4.69, 9.17) is 0 Å². The second kappa shape index (κ2) is 4.98. The van der Waals surface area contributed by atoms with Crippen molar-refractivity contribution in [3.8, 4) is 0 Å². The Labute approximate surface area is 88.5 Å². The van der Waals surface area contributed by atoms with E-state index in [2.05, 4.69) is 39.0 Å². The molecule has 0 saturated heterocycles. The first kappa shape index (κ1) is 11.2. The second-order valence-electron chi connectivity index (χ2n) is 3.06. The zero-order valence-corrected chi connectivity index (χ0v) is 9.97. The Morgan fingerprint density at radius 2 is 2.00 bits per heavy atom. The third kappa shape index (κ3) is 2.99. The minimum Gasteiger partial charge on any atom is -0.210 e. The van der Waals surface area contributed by atoms with Crippen LogP contribution in [-0.4, -0.2) is 0 Å². The normalized spacial score (nSPS) is 9.82. The number of hydrogen-bond donors (Lipinski definition) is 0. The van der Waals surface area contributed by atoms with Crippen LogP contribution in [0.25, 0.3) is 0 Å². The van der Waals surface area contributed by atoms with E-state index in [1.807, 2.05) is 0 Å². The Bertz CT molecular complexity index is 198. The van der Waals surface area contributed by atoms with Gasteiger partial charge in [0.15, 0.2) is 0 Å². The van der Waals surface area contributed by atoms with Gasteiger partial charge >= 0.3 is 0 Å². The maximum atomic E-state index is 2.30. The van der Waals surface area contributed by atoms with Crippen LogP contribution in [0.2, 0.25) is 0 Å². The van der Waals surface area contributed by atoms with Crippen LogP contribution in [0.3, 0.4) is 0 Å². The van der Waals surface area contributed by atoms with E-state index in [-0.39, 0.29) is 26.2 Å². The minimum absolute atomic E-state index is 0. The molecule has 0 spiro atoms. The van der Waals surface area contributed by atoms with Gasteiger partial charge in [0, 0.05) is 26.2 Å². The molecule has 1 aromatic carbocycles. The third-order valence-electron chi connectivity index (χ3n) is 1.92. The van der Waals surface area contributed by atoms with E-state index in [1.54, 1.807) is 0 Å². The number of aryl methyl sites for hydroxylation is 1. The van der Waals surface area contributed by atoms with E-state index < -0.39 is 0 Å². The van der Waals surface area contributed by atoms with Crippen molar-refractivity contribution in [2.24, 2.45) is 0 Å². The molecule has 1 heteroatoms. The van der Waals surface area contributed by atoms with Gasteiger partial charge in [0.1, 0.15) is 0 Å². The molecule has 0 radical (unpaired) electrons. The van der Waals surface area contributed by atoms with Gasteiger partial charge in [0.25, 0.3) is 0 Å². The van der Waals surface area contributed by atoms with E-state index in [9.17, 15) is 0 Å². The molecule has 0 aliphatic heterocycles. The zero-order valence-electron chi connectivity index (χ0n) is 7.52. The fourth-order valence-electron chi connectivity index (χ4n) is 1.09. The Kier molecular flexibility index (Phi) is 5.09. The van der Waals surface area contributed by atoms with Gasteiger partial charge in [0.05, 0.1) is 0 Å². The SMILES string of the molecule is CCc1ccc(C(C)C)[cH-]1.[Zr]. The summed E-state index contributed by atoms with van der Waals surface area (Å²) in [5.41, 5.74) is 2.93. The van der Waals surface area contributed by atoms with Crippen molar-refractivity contribution in [1.82, 2.24) is 0 Å². The van der Waals surface area contributed by atoms with Crippen LogP contribution in [0.15, 0.2) is 18.2 Å². The Morgan fingerprint density at radius 1 is 1.36 bits per heavy atom.